The first kappa shape index (κ1) is 17.5. The van der Waals surface area contributed by atoms with E-state index in [1.54, 1.807) is 18.9 Å². The van der Waals surface area contributed by atoms with Gasteiger partial charge in [0, 0.05) is 32.2 Å². The molecule has 1 amide bonds. The molecule has 0 spiro atoms. The second-order valence-electron chi connectivity index (χ2n) is 6.04. The summed E-state index contributed by atoms with van der Waals surface area (Å²) in [5, 5.41) is 8.34. The number of hydrogen-bond acceptors (Lipinski definition) is 4. The van der Waals surface area contributed by atoms with Crippen LogP contribution in [0.3, 0.4) is 0 Å². The summed E-state index contributed by atoms with van der Waals surface area (Å²) < 4.78 is 34.1. The molecule has 134 valence electrons. The third-order valence-electron chi connectivity index (χ3n) is 4.53. The molecule has 0 radical (unpaired) electrons. The fourth-order valence-electron chi connectivity index (χ4n) is 3.25. The van der Waals surface area contributed by atoms with Crippen LogP contribution < -0.4 is 0 Å². The predicted octanol–water partition coefficient (Wildman–Crippen LogP) is 2.27. The second kappa shape index (κ2) is 6.87. The molecule has 1 aromatic heterocycles. The summed E-state index contributed by atoms with van der Waals surface area (Å²) in [5.74, 6) is -2.36. The minimum absolute atomic E-state index is 0.145. The Hall–Kier alpha value is -2.35. The third-order valence-corrected chi connectivity index (χ3v) is 4.53. The van der Waals surface area contributed by atoms with E-state index in [2.05, 4.69) is 10.3 Å². The second-order valence-corrected chi connectivity index (χ2v) is 6.04. The van der Waals surface area contributed by atoms with E-state index in [-0.39, 0.29) is 18.1 Å². The average Bonchev–Trinajstić information content (AvgIpc) is 3.01. The van der Waals surface area contributed by atoms with Gasteiger partial charge in [-0.05, 0) is 31.5 Å². The molecule has 0 saturated heterocycles. The normalized spacial score (nSPS) is 16.8. The summed E-state index contributed by atoms with van der Waals surface area (Å²) in [5.41, 5.74) is 2.22. The van der Waals surface area contributed by atoms with Crippen LogP contribution in [-0.4, -0.2) is 46.1 Å². The summed E-state index contributed by atoms with van der Waals surface area (Å²) in [4.78, 5) is 14.6. The van der Waals surface area contributed by atoms with Crippen molar-refractivity contribution in [2.45, 2.75) is 32.9 Å². The maximum Gasteiger partial charge on any atom is 0.254 e. The van der Waals surface area contributed by atoms with Crippen LogP contribution in [0.2, 0.25) is 0 Å². The van der Waals surface area contributed by atoms with E-state index in [0.717, 1.165) is 17.8 Å². The minimum Gasteiger partial charge on any atom is -0.382 e. The number of halogens is 2. The molecule has 3 rings (SSSR count). The van der Waals surface area contributed by atoms with Crippen LogP contribution in [0.25, 0.3) is 0 Å². The molecular weight excluding hydrogens is 330 g/mol. The largest absolute Gasteiger partial charge is 0.382 e. The number of nitrogens with zero attached hydrogens (tertiary/aromatic N) is 4. The van der Waals surface area contributed by atoms with E-state index < -0.39 is 17.7 Å². The molecule has 8 heteroatoms. The number of amides is 1. The van der Waals surface area contributed by atoms with E-state index in [9.17, 15) is 13.6 Å². The van der Waals surface area contributed by atoms with Gasteiger partial charge in [-0.3, -0.25) is 4.79 Å². The van der Waals surface area contributed by atoms with Gasteiger partial charge in [-0.15, -0.1) is 5.10 Å². The molecule has 1 unspecified atom stereocenters. The standard InChI is InChI=1S/C17H20F2N4O2/c1-4-23-14-5-6-22(15(9-25-3)16(14)20-21-23)17(24)11-8-13(19)12(18)7-10(11)2/h7-8,15H,4-6,9H2,1-3H3. The number of benzene rings is 1. The van der Waals surface area contributed by atoms with Gasteiger partial charge in [0.1, 0.15) is 11.7 Å². The van der Waals surface area contributed by atoms with Gasteiger partial charge < -0.3 is 9.64 Å². The molecule has 0 fully saturated rings. The molecule has 1 atom stereocenters. The van der Waals surface area contributed by atoms with Crippen molar-refractivity contribution in [3.63, 3.8) is 0 Å². The van der Waals surface area contributed by atoms with Crippen molar-refractivity contribution in [1.82, 2.24) is 19.9 Å². The highest BCUT2D eigenvalue weighted by atomic mass is 19.2. The monoisotopic (exact) mass is 350 g/mol. The van der Waals surface area contributed by atoms with Gasteiger partial charge in [0.15, 0.2) is 11.6 Å². The van der Waals surface area contributed by atoms with Crippen LogP contribution in [0.1, 0.15) is 40.3 Å². The molecule has 1 aliphatic rings. The zero-order valence-electron chi connectivity index (χ0n) is 14.4. The number of ether oxygens (including phenoxy) is 1. The van der Waals surface area contributed by atoms with E-state index in [1.165, 1.54) is 0 Å². The van der Waals surface area contributed by atoms with Crippen LogP contribution in [0.15, 0.2) is 12.1 Å². The zero-order valence-corrected chi connectivity index (χ0v) is 14.4. The quantitative estimate of drug-likeness (QED) is 0.849. The van der Waals surface area contributed by atoms with Crippen molar-refractivity contribution in [3.05, 3.63) is 46.3 Å². The third kappa shape index (κ3) is 3.02. The predicted molar refractivity (Wildman–Crippen MR) is 86.1 cm³/mol. The van der Waals surface area contributed by atoms with E-state index >= 15 is 0 Å². The molecule has 0 aliphatic carbocycles. The fourth-order valence-corrected chi connectivity index (χ4v) is 3.25. The van der Waals surface area contributed by atoms with Crippen LogP contribution >= 0.6 is 0 Å². The first-order chi connectivity index (χ1) is 12.0. The number of fused-ring (bicyclic) bond motifs is 1. The highest BCUT2D eigenvalue weighted by Crippen LogP contribution is 2.30. The van der Waals surface area contributed by atoms with E-state index in [4.69, 9.17) is 4.74 Å². The lowest BCUT2D eigenvalue weighted by Gasteiger charge is -2.34. The lowest BCUT2D eigenvalue weighted by molar-refractivity contribution is 0.0489. The number of carbonyl (C=O) groups is 1. The average molecular weight is 350 g/mol. The smallest absolute Gasteiger partial charge is 0.254 e. The number of rotatable bonds is 4. The van der Waals surface area contributed by atoms with Gasteiger partial charge >= 0.3 is 0 Å². The van der Waals surface area contributed by atoms with Crippen molar-refractivity contribution in [1.29, 1.82) is 0 Å². The Labute approximate surface area is 144 Å². The molecule has 2 heterocycles. The SMILES string of the molecule is CCn1nnc2c1CCN(C(=O)c1cc(F)c(F)cc1C)C2COC. The van der Waals surface area contributed by atoms with Gasteiger partial charge in [0.2, 0.25) is 0 Å². The first-order valence-electron chi connectivity index (χ1n) is 8.15. The Morgan fingerprint density at radius 3 is 2.76 bits per heavy atom. The summed E-state index contributed by atoms with van der Waals surface area (Å²) in [6.45, 7) is 4.94. The van der Waals surface area contributed by atoms with Crippen LogP contribution in [-0.2, 0) is 17.7 Å². The van der Waals surface area contributed by atoms with Gasteiger partial charge in [-0.25, -0.2) is 13.5 Å². The van der Waals surface area contributed by atoms with Gasteiger partial charge in [0.25, 0.3) is 5.91 Å². The minimum atomic E-state index is -1.04. The molecule has 6 nitrogen and oxygen atoms in total. The molecule has 1 aromatic carbocycles. The number of carbonyl (C=O) groups excluding carboxylic acids is 1. The van der Waals surface area contributed by atoms with Crippen LogP contribution in [0.5, 0.6) is 0 Å². The van der Waals surface area contributed by atoms with Crippen molar-refractivity contribution in [2.24, 2.45) is 0 Å². The van der Waals surface area contributed by atoms with Gasteiger partial charge in [-0.2, -0.15) is 0 Å². The van der Waals surface area contributed by atoms with E-state index in [0.29, 0.717) is 30.8 Å². The van der Waals surface area contributed by atoms with Crippen LogP contribution in [0.4, 0.5) is 8.78 Å². The Balaban J connectivity index is 1.98. The van der Waals surface area contributed by atoms with E-state index in [1.807, 2.05) is 11.6 Å². The lowest BCUT2D eigenvalue weighted by atomic mass is 10.00. The summed E-state index contributed by atoms with van der Waals surface area (Å²) >= 11 is 0. The Morgan fingerprint density at radius 2 is 2.08 bits per heavy atom. The molecule has 0 N–H and O–H groups in total. The van der Waals surface area contributed by atoms with Crippen LogP contribution in [0, 0.1) is 18.6 Å². The Morgan fingerprint density at radius 1 is 1.36 bits per heavy atom. The number of aromatic nitrogens is 3. The number of methoxy groups -OCH3 is 1. The molecule has 0 saturated carbocycles. The summed E-state index contributed by atoms with van der Waals surface area (Å²) in [6.07, 6.45) is 0.602. The van der Waals surface area contributed by atoms with Crippen molar-refractivity contribution in [3.8, 4) is 0 Å². The molecule has 2 aromatic rings. The molecular formula is C17H20F2N4O2. The molecule has 1 aliphatic heterocycles. The number of aryl methyl sites for hydroxylation is 2. The fraction of sp³-hybridized carbons (Fsp3) is 0.471. The summed E-state index contributed by atoms with van der Waals surface area (Å²) in [6, 6.07) is 1.58. The Kier molecular flexibility index (Phi) is 4.80. The summed E-state index contributed by atoms with van der Waals surface area (Å²) in [7, 11) is 1.55. The zero-order chi connectivity index (χ0) is 18.1. The topological polar surface area (TPSA) is 60.2 Å². The highest BCUT2D eigenvalue weighted by Gasteiger charge is 2.35. The molecule has 0 bridgehead atoms. The van der Waals surface area contributed by atoms with Crippen molar-refractivity contribution < 1.29 is 18.3 Å². The van der Waals surface area contributed by atoms with Gasteiger partial charge in [-0.1, -0.05) is 5.21 Å². The Bertz CT molecular complexity index is 806. The maximum atomic E-state index is 13.6. The number of hydrogen-bond donors (Lipinski definition) is 0. The first-order valence-corrected chi connectivity index (χ1v) is 8.15. The maximum absolute atomic E-state index is 13.6. The van der Waals surface area contributed by atoms with Crippen molar-refractivity contribution >= 4 is 5.91 Å². The van der Waals surface area contributed by atoms with Crippen molar-refractivity contribution in [2.75, 3.05) is 20.3 Å². The lowest BCUT2D eigenvalue weighted by Crippen LogP contribution is -2.42. The highest BCUT2D eigenvalue weighted by molar-refractivity contribution is 5.96. The van der Waals surface area contributed by atoms with Gasteiger partial charge in [0.05, 0.1) is 12.3 Å². The molecule has 25 heavy (non-hydrogen) atoms.